The van der Waals surface area contributed by atoms with Gasteiger partial charge in [-0.15, -0.1) is 23.7 Å². The predicted octanol–water partition coefficient (Wildman–Crippen LogP) is 3.58. The minimum absolute atomic E-state index is 0. The second-order valence-electron chi connectivity index (χ2n) is 5.23. The number of carbonyl (C=O) groups excluding carboxylic acids is 1. The lowest BCUT2D eigenvalue weighted by atomic mass is 10.2. The fraction of sp³-hybridized carbons (Fsp3) is 0.333. The zero-order valence-electron chi connectivity index (χ0n) is 13.6. The third-order valence-electron chi connectivity index (χ3n) is 3.15. The summed E-state index contributed by atoms with van der Waals surface area (Å²) in [4.78, 5) is 18.4. The van der Waals surface area contributed by atoms with Gasteiger partial charge in [-0.3, -0.25) is 10.2 Å². The van der Waals surface area contributed by atoms with E-state index in [1.54, 1.807) is 12.1 Å². The van der Waals surface area contributed by atoms with Crippen molar-refractivity contribution in [3.8, 4) is 0 Å². The maximum absolute atomic E-state index is 11.9. The van der Waals surface area contributed by atoms with Crippen LogP contribution < -0.4 is 16.4 Å². The molecular formula is C15H20Cl3N5OS. The Kier molecular flexibility index (Phi) is 9.48. The van der Waals surface area contributed by atoms with Gasteiger partial charge in [0.15, 0.2) is 5.13 Å². The van der Waals surface area contributed by atoms with Crippen molar-refractivity contribution < 1.29 is 4.79 Å². The molecule has 10 heteroatoms. The van der Waals surface area contributed by atoms with Crippen LogP contribution in [0.3, 0.4) is 0 Å². The summed E-state index contributed by atoms with van der Waals surface area (Å²) < 4.78 is 0. The summed E-state index contributed by atoms with van der Waals surface area (Å²) in [5, 5.41) is 8.89. The molecule has 0 radical (unpaired) electrons. The van der Waals surface area contributed by atoms with Gasteiger partial charge < -0.3 is 11.1 Å². The number of amides is 2. The maximum atomic E-state index is 11.9. The highest BCUT2D eigenvalue weighted by molar-refractivity contribution is 7.13. The summed E-state index contributed by atoms with van der Waals surface area (Å²) >= 11 is 13.2. The lowest BCUT2D eigenvalue weighted by molar-refractivity contribution is 0.251. The number of aromatic nitrogens is 1. The van der Waals surface area contributed by atoms with Gasteiger partial charge in [0, 0.05) is 31.6 Å². The van der Waals surface area contributed by atoms with Gasteiger partial charge in [0.1, 0.15) is 0 Å². The second-order valence-corrected chi connectivity index (χ2v) is 6.90. The zero-order valence-corrected chi connectivity index (χ0v) is 16.7. The third kappa shape index (κ3) is 7.35. The van der Waals surface area contributed by atoms with Crippen LogP contribution in [0.2, 0.25) is 10.0 Å². The van der Waals surface area contributed by atoms with Gasteiger partial charge in [0.2, 0.25) is 0 Å². The number of nitrogens with zero attached hydrogens (tertiary/aromatic N) is 2. The highest BCUT2D eigenvalue weighted by Crippen LogP contribution is 2.22. The number of benzene rings is 1. The van der Waals surface area contributed by atoms with Crippen LogP contribution in [0, 0.1) is 0 Å². The van der Waals surface area contributed by atoms with Crippen molar-refractivity contribution in [3.63, 3.8) is 0 Å². The Morgan fingerprint density at radius 3 is 2.80 bits per heavy atom. The number of nitrogens with one attached hydrogen (secondary N) is 2. The Morgan fingerprint density at radius 2 is 2.12 bits per heavy atom. The molecule has 4 N–H and O–H groups in total. The van der Waals surface area contributed by atoms with Crippen molar-refractivity contribution in [2.45, 2.75) is 13.1 Å². The van der Waals surface area contributed by atoms with Crippen molar-refractivity contribution in [1.82, 2.24) is 15.2 Å². The maximum Gasteiger partial charge on any atom is 0.321 e. The quantitative estimate of drug-likeness (QED) is 0.634. The number of hydrogen-bond acceptors (Lipinski definition) is 5. The summed E-state index contributed by atoms with van der Waals surface area (Å²) in [5.74, 6) is 0. The van der Waals surface area contributed by atoms with E-state index in [0.29, 0.717) is 34.8 Å². The van der Waals surface area contributed by atoms with Crippen molar-refractivity contribution in [3.05, 3.63) is 44.9 Å². The molecule has 0 saturated heterocycles. The van der Waals surface area contributed by atoms with E-state index in [4.69, 9.17) is 28.9 Å². The van der Waals surface area contributed by atoms with Gasteiger partial charge in [0.05, 0.1) is 15.7 Å². The minimum atomic E-state index is -0.322. The molecule has 0 fully saturated rings. The van der Waals surface area contributed by atoms with Crippen molar-refractivity contribution >= 4 is 58.1 Å². The highest BCUT2D eigenvalue weighted by atomic mass is 35.5. The molecule has 0 atom stereocenters. The molecule has 0 unspecified atom stereocenters. The van der Waals surface area contributed by atoms with E-state index in [1.165, 1.54) is 11.3 Å². The van der Waals surface area contributed by atoms with E-state index in [0.717, 1.165) is 17.8 Å². The summed E-state index contributed by atoms with van der Waals surface area (Å²) in [5.41, 5.74) is 7.28. The molecule has 0 aliphatic heterocycles. The van der Waals surface area contributed by atoms with Gasteiger partial charge in [0.25, 0.3) is 0 Å². The first-order chi connectivity index (χ1) is 11.5. The van der Waals surface area contributed by atoms with Crippen molar-refractivity contribution in [2.24, 2.45) is 5.73 Å². The summed E-state index contributed by atoms with van der Waals surface area (Å²) in [6, 6.07) is 4.91. The van der Waals surface area contributed by atoms with Gasteiger partial charge in [-0.2, -0.15) is 0 Å². The molecule has 0 spiro atoms. The minimum Gasteiger partial charge on any atom is -0.334 e. The lowest BCUT2D eigenvalue weighted by Crippen LogP contribution is -2.28. The number of urea groups is 1. The number of anilines is 1. The van der Waals surface area contributed by atoms with Crippen LogP contribution in [0.25, 0.3) is 0 Å². The van der Waals surface area contributed by atoms with Gasteiger partial charge in [-0.1, -0.05) is 29.3 Å². The van der Waals surface area contributed by atoms with Gasteiger partial charge in [-0.25, -0.2) is 9.78 Å². The summed E-state index contributed by atoms with van der Waals surface area (Å²) in [6.45, 7) is 2.44. The smallest absolute Gasteiger partial charge is 0.321 e. The molecular weight excluding hydrogens is 405 g/mol. The standard InChI is InChI=1S/C15H19Cl2N5OS.ClH/c1-22(5-4-18)8-11-9-24-15(20-11)21-14(23)19-7-10-2-3-12(16)13(17)6-10;/h2-3,6,9H,4-5,7-8,18H2,1H3,(H2,19,20,21,23);1H. The van der Waals surface area contributed by atoms with Crippen LogP contribution in [0.15, 0.2) is 23.6 Å². The average molecular weight is 425 g/mol. The first-order valence-corrected chi connectivity index (χ1v) is 8.93. The van der Waals surface area contributed by atoms with E-state index in [9.17, 15) is 4.79 Å². The van der Waals surface area contributed by atoms with E-state index in [2.05, 4.69) is 20.5 Å². The van der Waals surface area contributed by atoms with Crippen LogP contribution in [-0.4, -0.2) is 36.1 Å². The molecule has 0 aliphatic rings. The zero-order chi connectivity index (χ0) is 17.5. The fourth-order valence-corrected chi connectivity index (χ4v) is 3.00. The molecule has 1 heterocycles. The van der Waals surface area contributed by atoms with Crippen LogP contribution in [-0.2, 0) is 13.1 Å². The van der Waals surface area contributed by atoms with Crippen molar-refractivity contribution in [2.75, 3.05) is 25.5 Å². The Labute approximate surface area is 167 Å². The summed E-state index contributed by atoms with van der Waals surface area (Å²) in [6.07, 6.45) is 0. The average Bonchev–Trinajstić information content (AvgIpc) is 2.95. The Balaban J connectivity index is 0.00000312. The number of rotatable bonds is 7. The fourth-order valence-electron chi connectivity index (χ4n) is 1.99. The molecule has 1 aromatic carbocycles. The molecule has 138 valence electrons. The number of hydrogen-bond donors (Lipinski definition) is 3. The van der Waals surface area contributed by atoms with Crippen LogP contribution in [0.5, 0.6) is 0 Å². The monoisotopic (exact) mass is 423 g/mol. The van der Waals surface area contributed by atoms with Crippen LogP contribution >= 0.6 is 46.9 Å². The van der Waals surface area contributed by atoms with E-state index in [1.807, 2.05) is 18.5 Å². The van der Waals surface area contributed by atoms with Gasteiger partial charge in [-0.05, 0) is 24.7 Å². The number of halogens is 3. The largest absolute Gasteiger partial charge is 0.334 e. The molecule has 25 heavy (non-hydrogen) atoms. The predicted molar refractivity (Wildman–Crippen MR) is 107 cm³/mol. The van der Waals surface area contributed by atoms with Crippen LogP contribution in [0.1, 0.15) is 11.3 Å². The van der Waals surface area contributed by atoms with Crippen LogP contribution in [0.4, 0.5) is 9.93 Å². The first-order valence-electron chi connectivity index (χ1n) is 7.29. The SMILES string of the molecule is CN(CCN)Cc1csc(NC(=O)NCc2ccc(Cl)c(Cl)c2)n1.Cl. The second kappa shape index (κ2) is 10.8. The number of likely N-dealkylation sites (N-methyl/N-ethyl adjacent to an activating group) is 1. The third-order valence-corrected chi connectivity index (χ3v) is 4.70. The lowest BCUT2D eigenvalue weighted by Gasteiger charge is -2.12. The molecule has 0 aliphatic carbocycles. The molecule has 2 amide bonds. The Bertz CT molecular complexity index is 698. The molecule has 1 aromatic heterocycles. The van der Waals surface area contributed by atoms with Gasteiger partial charge >= 0.3 is 6.03 Å². The van der Waals surface area contributed by atoms with E-state index in [-0.39, 0.29) is 18.4 Å². The molecule has 2 rings (SSSR count). The normalized spacial score (nSPS) is 10.4. The highest BCUT2D eigenvalue weighted by Gasteiger charge is 2.08. The number of nitrogens with two attached hydrogens (primary N) is 1. The molecule has 0 saturated carbocycles. The first kappa shape index (κ1) is 22.0. The Morgan fingerprint density at radius 1 is 1.36 bits per heavy atom. The topological polar surface area (TPSA) is 83.3 Å². The van der Waals surface area contributed by atoms with Crippen molar-refractivity contribution in [1.29, 1.82) is 0 Å². The molecule has 6 nitrogen and oxygen atoms in total. The Hall–Kier alpha value is -1.09. The molecule has 2 aromatic rings. The number of thiazole rings is 1. The van der Waals surface area contributed by atoms with E-state index < -0.39 is 0 Å². The number of carbonyl (C=O) groups is 1. The summed E-state index contributed by atoms with van der Waals surface area (Å²) in [7, 11) is 1.98. The molecule has 0 bridgehead atoms. The van der Waals surface area contributed by atoms with E-state index >= 15 is 0 Å².